The van der Waals surface area contributed by atoms with E-state index in [1.54, 1.807) is 26.2 Å². The molecule has 21 heavy (non-hydrogen) atoms. The molecule has 0 saturated carbocycles. The molecule has 1 aromatic rings. The van der Waals surface area contributed by atoms with Crippen LogP contribution >= 0.6 is 0 Å². The summed E-state index contributed by atoms with van der Waals surface area (Å²) in [6, 6.07) is 3.42. The van der Waals surface area contributed by atoms with Crippen LogP contribution in [0.1, 0.15) is 24.2 Å². The second-order valence-corrected chi connectivity index (χ2v) is 6.03. The summed E-state index contributed by atoms with van der Waals surface area (Å²) in [5, 5.41) is 3.32. The zero-order valence-corrected chi connectivity index (χ0v) is 13.0. The molecule has 0 radical (unpaired) electrons. The van der Waals surface area contributed by atoms with Crippen molar-refractivity contribution in [2.75, 3.05) is 33.8 Å². The SMILES string of the molecule is CN(C)C(=O)c1ccc(OCC2CNCC(C)(C)O2)nc1. The van der Waals surface area contributed by atoms with Gasteiger partial charge in [-0.1, -0.05) is 0 Å². The van der Waals surface area contributed by atoms with E-state index in [0.29, 0.717) is 18.1 Å². The van der Waals surface area contributed by atoms with Crippen LogP contribution in [0.15, 0.2) is 18.3 Å². The molecule has 116 valence electrons. The summed E-state index contributed by atoms with van der Waals surface area (Å²) in [5.41, 5.74) is 0.367. The number of ether oxygens (including phenoxy) is 2. The summed E-state index contributed by atoms with van der Waals surface area (Å²) in [7, 11) is 3.42. The van der Waals surface area contributed by atoms with Gasteiger partial charge in [-0.3, -0.25) is 4.79 Å². The monoisotopic (exact) mass is 293 g/mol. The Morgan fingerprint density at radius 3 is 2.86 bits per heavy atom. The lowest BCUT2D eigenvalue weighted by atomic mass is 10.1. The van der Waals surface area contributed by atoms with Gasteiger partial charge in [0.1, 0.15) is 12.7 Å². The average molecular weight is 293 g/mol. The van der Waals surface area contributed by atoms with Crippen molar-refractivity contribution in [3.63, 3.8) is 0 Å². The highest BCUT2D eigenvalue weighted by atomic mass is 16.6. The van der Waals surface area contributed by atoms with Crippen molar-refractivity contribution in [2.45, 2.75) is 25.6 Å². The van der Waals surface area contributed by atoms with Crippen molar-refractivity contribution in [1.82, 2.24) is 15.2 Å². The first-order valence-corrected chi connectivity index (χ1v) is 7.06. The lowest BCUT2D eigenvalue weighted by Crippen LogP contribution is -2.52. The summed E-state index contributed by atoms with van der Waals surface area (Å²) in [6.07, 6.45) is 1.53. The first-order chi connectivity index (χ1) is 9.87. The van der Waals surface area contributed by atoms with E-state index in [4.69, 9.17) is 9.47 Å². The van der Waals surface area contributed by atoms with Crippen molar-refractivity contribution < 1.29 is 14.3 Å². The fourth-order valence-electron chi connectivity index (χ4n) is 2.19. The Morgan fingerprint density at radius 1 is 1.52 bits per heavy atom. The zero-order chi connectivity index (χ0) is 15.5. The fourth-order valence-corrected chi connectivity index (χ4v) is 2.19. The summed E-state index contributed by atoms with van der Waals surface area (Å²) in [5.74, 6) is 0.424. The van der Waals surface area contributed by atoms with Gasteiger partial charge in [-0.05, 0) is 19.9 Å². The summed E-state index contributed by atoms with van der Waals surface area (Å²) in [4.78, 5) is 17.4. The molecule has 1 amide bonds. The first kappa shape index (κ1) is 15.7. The number of hydrogen-bond donors (Lipinski definition) is 1. The molecule has 0 aliphatic carbocycles. The van der Waals surface area contributed by atoms with Crippen LogP contribution in [-0.2, 0) is 4.74 Å². The van der Waals surface area contributed by atoms with Gasteiger partial charge in [0.15, 0.2) is 0 Å². The van der Waals surface area contributed by atoms with Crippen LogP contribution in [0.5, 0.6) is 5.88 Å². The number of aromatic nitrogens is 1. The summed E-state index contributed by atoms with van der Waals surface area (Å²) < 4.78 is 11.5. The van der Waals surface area contributed by atoms with Crippen molar-refractivity contribution >= 4 is 5.91 Å². The lowest BCUT2D eigenvalue weighted by Gasteiger charge is -2.36. The number of rotatable bonds is 4. The Kier molecular flexibility index (Phi) is 4.80. The molecule has 1 aliphatic rings. The van der Waals surface area contributed by atoms with E-state index in [-0.39, 0.29) is 17.6 Å². The maximum atomic E-state index is 11.7. The number of amides is 1. The highest BCUT2D eigenvalue weighted by Crippen LogP contribution is 2.16. The van der Waals surface area contributed by atoms with Crippen LogP contribution in [0, 0.1) is 0 Å². The minimum absolute atomic E-state index is 0.00127. The molecule has 1 N–H and O–H groups in total. The molecular formula is C15H23N3O3. The number of carbonyl (C=O) groups is 1. The molecule has 1 unspecified atom stereocenters. The van der Waals surface area contributed by atoms with Gasteiger partial charge in [0, 0.05) is 39.4 Å². The minimum Gasteiger partial charge on any atom is -0.475 e. The average Bonchev–Trinajstić information content (AvgIpc) is 2.44. The van der Waals surface area contributed by atoms with Crippen LogP contribution in [0.4, 0.5) is 0 Å². The molecule has 0 bridgehead atoms. The Hall–Kier alpha value is -1.66. The maximum Gasteiger partial charge on any atom is 0.254 e. The number of nitrogens with one attached hydrogen (secondary N) is 1. The van der Waals surface area contributed by atoms with Gasteiger partial charge in [-0.15, -0.1) is 0 Å². The minimum atomic E-state index is -0.179. The number of carbonyl (C=O) groups excluding carboxylic acids is 1. The topological polar surface area (TPSA) is 63.7 Å². The summed E-state index contributed by atoms with van der Waals surface area (Å²) in [6.45, 7) is 6.13. The van der Waals surface area contributed by atoms with Crippen molar-refractivity contribution in [1.29, 1.82) is 0 Å². The second kappa shape index (κ2) is 6.41. The van der Waals surface area contributed by atoms with Crippen LogP contribution in [0.25, 0.3) is 0 Å². The highest BCUT2D eigenvalue weighted by molar-refractivity contribution is 5.93. The first-order valence-electron chi connectivity index (χ1n) is 7.06. The lowest BCUT2D eigenvalue weighted by molar-refractivity contribution is -0.107. The van der Waals surface area contributed by atoms with Crippen LogP contribution in [0.2, 0.25) is 0 Å². The highest BCUT2D eigenvalue weighted by Gasteiger charge is 2.28. The van der Waals surface area contributed by atoms with Crippen LogP contribution < -0.4 is 10.1 Å². The van der Waals surface area contributed by atoms with Gasteiger partial charge < -0.3 is 19.7 Å². The smallest absolute Gasteiger partial charge is 0.254 e. The molecule has 1 atom stereocenters. The van der Waals surface area contributed by atoms with E-state index >= 15 is 0 Å². The zero-order valence-electron chi connectivity index (χ0n) is 13.0. The Labute approximate surface area is 125 Å². The maximum absolute atomic E-state index is 11.7. The normalized spacial score (nSPS) is 20.9. The van der Waals surface area contributed by atoms with Crippen molar-refractivity contribution in [3.8, 4) is 5.88 Å². The van der Waals surface area contributed by atoms with Gasteiger partial charge in [0.2, 0.25) is 5.88 Å². The number of pyridine rings is 1. The van der Waals surface area contributed by atoms with E-state index in [0.717, 1.165) is 13.1 Å². The molecule has 6 nitrogen and oxygen atoms in total. The Balaban J connectivity index is 1.88. The molecule has 0 aromatic carbocycles. The van der Waals surface area contributed by atoms with Crippen molar-refractivity contribution in [3.05, 3.63) is 23.9 Å². The third-order valence-corrected chi connectivity index (χ3v) is 3.22. The van der Waals surface area contributed by atoms with Gasteiger partial charge in [0.05, 0.1) is 11.2 Å². The van der Waals surface area contributed by atoms with Gasteiger partial charge in [0.25, 0.3) is 5.91 Å². The molecule has 2 rings (SSSR count). The van der Waals surface area contributed by atoms with E-state index in [9.17, 15) is 4.79 Å². The predicted molar refractivity (Wildman–Crippen MR) is 79.6 cm³/mol. The molecule has 1 aromatic heterocycles. The van der Waals surface area contributed by atoms with Gasteiger partial charge >= 0.3 is 0 Å². The van der Waals surface area contributed by atoms with E-state index < -0.39 is 0 Å². The van der Waals surface area contributed by atoms with E-state index in [1.165, 1.54) is 11.1 Å². The van der Waals surface area contributed by atoms with Crippen molar-refractivity contribution in [2.24, 2.45) is 0 Å². The molecule has 1 saturated heterocycles. The van der Waals surface area contributed by atoms with Crippen LogP contribution in [-0.4, -0.2) is 61.3 Å². The molecule has 0 spiro atoms. The third-order valence-electron chi connectivity index (χ3n) is 3.22. The molecule has 6 heteroatoms. The standard InChI is InChI=1S/C15H23N3O3/c1-15(2)10-16-8-12(21-15)9-20-13-6-5-11(7-17-13)14(19)18(3)4/h5-7,12,16H,8-10H2,1-4H3. The number of hydrogen-bond acceptors (Lipinski definition) is 5. The fraction of sp³-hybridized carbons (Fsp3) is 0.600. The summed E-state index contributed by atoms with van der Waals surface area (Å²) >= 11 is 0. The number of morpholine rings is 1. The molecule has 2 heterocycles. The Morgan fingerprint density at radius 2 is 2.29 bits per heavy atom. The molecular weight excluding hydrogens is 270 g/mol. The third kappa shape index (κ3) is 4.41. The molecule has 1 aliphatic heterocycles. The predicted octanol–water partition coefficient (Wildman–Crippen LogP) is 0.929. The van der Waals surface area contributed by atoms with Gasteiger partial charge in [-0.25, -0.2) is 4.98 Å². The van der Waals surface area contributed by atoms with Gasteiger partial charge in [-0.2, -0.15) is 0 Å². The van der Waals surface area contributed by atoms with E-state index in [2.05, 4.69) is 10.3 Å². The quantitative estimate of drug-likeness (QED) is 0.894. The van der Waals surface area contributed by atoms with Crippen LogP contribution in [0.3, 0.4) is 0 Å². The Bertz CT molecular complexity index is 485. The molecule has 1 fully saturated rings. The van der Waals surface area contributed by atoms with E-state index in [1.807, 2.05) is 13.8 Å². The number of nitrogens with zero attached hydrogens (tertiary/aromatic N) is 2. The largest absolute Gasteiger partial charge is 0.475 e. The second-order valence-electron chi connectivity index (χ2n) is 6.03.